The van der Waals surface area contributed by atoms with E-state index in [0.717, 1.165) is 31.0 Å². The summed E-state index contributed by atoms with van der Waals surface area (Å²) in [6.07, 6.45) is 2.53. The van der Waals surface area contributed by atoms with Gasteiger partial charge in [-0.2, -0.15) is 0 Å². The molecule has 10 heteroatoms. The fraction of sp³-hybridized carbons (Fsp3) is 0.500. The number of halogens is 3. The van der Waals surface area contributed by atoms with E-state index in [-0.39, 0.29) is 16.9 Å². The summed E-state index contributed by atoms with van der Waals surface area (Å²) < 4.78 is 42.2. The highest BCUT2D eigenvalue weighted by atomic mass is 32.2. The van der Waals surface area contributed by atoms with Crippen LogP contribution in [0.5, 0.6) is 0 Å². The quantitative estimate of drug-likeness (QED) is 0.0617. The summed E-state index contributed by atoms with van der Waals surface area (Å²) in [5.41, 5.74) is 5.55. The van der Waals surface area contributed by atoms with Crippen LogP contribution in [0.25, 0.3) is 4.91 Å². The molecule has 1 unspecified atom stereocenters. The predicted molar refractivity (Wildman–Crippen MR) is 138 cm³/mol. The monoisotopic (exact) mass is 517 g/mol. The number of thiol groups is 1. The number of nitrogens with zero attached hydrogens (tertiary/aromatic N) is 1. The van der Waals surface area contributed by atoms with Crippen molar-refractivity contribution in [2.45, 2.75) is 68.2 Å². The lowest BCUT2D eigenvalue weighted by Gasteiger charge is -2.24. The molecule has 4 N–H and O–H groups in total. The Morgan fingerprint density at radius 2 is 2.03 bits per heavy atom. The summed E-state index contributed by atoms with van der Waals surface area (Å²) in [6, 6.07) is 2.76. The average molecular weight is 518 g/mol. The molecule has 0 aromatic heterocycles. The molecule has 1 aromatic rings. The molecule has 0 fully saturated rings. The smallest absolute Gasteiger partial charge is 0.267 e. The van der Waals surface area contributed by atoms with E-state index in [4.69, 9.17) is 5.73 Å². The van der Waals surface area contributed by atoms with Gasteiger partial charge in [0.05, 0.1) is 16.5 Å². The second-order valence-corrected chi connectivity index (χ2v) is 9.92. The molecule has 0 radical (unpaired) electrons. The zero-order chi connectivity index (χ0) is 25.9. The second kappa shape index (κ2) is 14.6. The van der Waals surface area contributed by atoms with Gasteiger partial charge in [-0.15, -0.1) is 24.4 Å². The van der Waals surface area contributed by atoms with Crippen LogP contribution in [0.3, 0.4) is 0 Å². The Labute approximate surface area is 209 Å². The molecule has 5 nitrogen and oxygen atoms in total. The molecular formula is C24H34F3N3O2S2. The van der Waals surface area contributed by atoms with Gasteiger partial charge in [-0.25, -0.2) is 13.2 Å². The summed E-state index contributed by atoms with van der Waals surface area (Å²) in [6.45, 7) is 7.77. The maximum atomic E-state index is 14.6. The van der Waals surface area contributed by atoms with Gasteiger partial charge in [0.1, 0.15) is 5.82 Å². The van der Waals surface area contributed by atoms with Crippen LogP contribution in [0.2, 0.25) is 0 Å². The van der Waals surface area contributed by atoms with Crippen LogP contribution < -0.4 is 11.1 Å². The number of benzene rings is 1. The van der Waals surface area contributed by atoms with E-state index in [9.17, 15) is 23.1 Å². The molecule has 34 heavy (non-hydrogen) atoms. The molecule has 0 aliphatic carbocycles. The number of alkyl halides is 2. The van der Waals surface area contributed by atoms with Crippen LogP contribution in [0, 0.1) is 5.82 Å². The van der Waals surface area contributed by atoms with E-state index < -0.39 is 28.8 Å². The molecule has 1 atom stereocenters. The number of allylic oxidation sites excluding steroid dienone is 1. The molecule has 0 aliphatic rings. The third-order valence-electron chi connectivity index (χ3n) is 5.11. The molecule has 0 aliphatic heterocycles. The zero-order valence-corrected chi connectivity index (χ0v) is 21.5. The van der Waals surface area contributed by atoms with Crippen LogP contribution in [0.15, 0.2) is 40.2 Å². The number of amides is 1. The number of nitrogens with one attached hydrogen (secondary N) is 1. The van der Waals surface area contributed by atoms with Crippen LogP contribution in [0.1, 0.15) is 63.5 Å². The predicted octanol–water partition coefficient (Wildman–Crippen LogP) is 5.51. The molecule has 0 saturated carbocycles. The summed E-state index contributed by atoms with van der Waals surface area (Å²) in [5, 5.41) is 12.1. The number of hydrogen-bond acceptors (Lipinski definition) is 6. The third-order valence-corrected chi connectivity index (χ3v) is 6.68. The van der Waals surface area contributed by atoms with Crippen molar-refractivity contribution in [3.05, 3.63) is 47.3 Å². The maximum absolute atomic E-state index is 14.6. The lowest BCUT2D eigenvalue weighted by molar-refractivity contribution is -0.109. The molecule has 1 amide bonds. The first-order valence-corrected chi connectivity index (χ1v) is 12.2. The van der Waals surface area contributed by atoms with Crippen molar-refractivity contribution >= 4 is 41.4 Å². The Hall–Kier alpha value is -1.75. The van der Waals surface area contributed by atoms with Crippen LogP contribution in [-0.4, -0.2) is 41.8 Å². The number of aliphatic hydroxyl groups is 1. The minimum absolute atomic E-state index is 0.0630. The highest BCUT2D eigenvalue weighted by Crippen LogP contribution is 2.40. The number of aliphatic imine (C=N–C) groups is 1. The maximum Gasteiger partial charge on any atom is 0.267 e. The van der Waals surface area contributed by atoms with Crippen molar-refractivity contribution in [3.63, 3.8) is 0 Å². The summed E-state index contributed by atoms with van der Waals surface area (Å²) in [4.78, 5) is 14.7. The van der Waals surface area contributed by atoms with E-state index in [1.54, 1.807) is 27.0 Å². The van der Waals surface area contributed by atoms with Gasteiger partial charge >= 0.3 is 0 Å². The molecule has 1 rings (SSSR count). The normalized spacial score (nSPS) is 13.8. The fourth-order valence-corrected chi connectivity index (χ4v) is 4.41. The minimum Gasteiger partial charge on any atom is -0.384 e. The van der Waals surface area contributed by atoms with Crippen molar-refractivity contribution < 1.29 is 23.1 Å². The Bertz CT molecular complexity index is 900. The molecule has 190 valence electrons. The third kappa shape index (κ3) is 9.48. The number of rotatable bonds is 15. The van der Waals surface area contributed by atoms with Crippen molar-refractivity contribution in [3.8, 4) is 0 Å². The van der Waals surface area contributed by atoms with Gasteiger partial charge in [0.15, 0.2) is 0 Å². The number of carbonyl (C=O) groups excluding carboxylic acids is 1. The van der Waals surface area contributed by atoms with Gasteiger partial charge in [-0.1, -0.05) is 25.1 Å². The summed E-state index contributed by atoms with van der Waals surface area (Å²) in [5.74, 6) is -1.06. The average Bonchev–Trinajstić information content (AvgIpc) is 2.76. The Morgan fingerprint density at radius 1 is 1.35 bits per heavy atom. The summed E-state index contributed by atoms with van der Waals surface area (Å²) in [7, 11) is 1.56. The molecular weight excluding hydrogens is 483 g/mol. The fourth-order valence-electron chi connectivity index (χ4n) is 3.18. The first-order valence-electron chi connectivity index (χ1n) is 10.9. The SMILES string of the molecule is C=C(C/C(=N\C)C(C)(C)O)C(N)S/C(=C/CCCCCNC=O)c1ccc(S)c(F)c1C(F)F. The Kier molecular flexibility index (Phi) is 13.0. The zero-order valence-electron chi connectivity index (χ0n) is 19.8. The van der Waals surface area contributed by atoms with Crippen molar-refractivity contribution in [2.75, 3.05) is 13.6 Å². The minimum atomic E-state index is -3.03. The lowest BCUT2D eigenvalue weighted by Crippen LogP contribution is -2.33. The Balaban J connectivity index is 3.17. The van der Waals surface area contributed by atoms with Gasteiger partial charge < -0.3 is 16.2 Å². The van der Waals surface area contributed by atoms with Gasteiger partial charge in [0.25, 0.3) is 6.43 Å². The van der Waals surface area contributed by atoms with Crippen LogP contribution >= 0.6 is 24.4 Å². The van der Waals surface area contributed by atoms with E-state index >= 15 is 0 Å². The molecule has 0 bridgehead atoms. The number of hydrogen-bond donors (Lipinski definition) is 4. The number of unbranched alkanes of at least 4 members (excludes halogenated alkanes) is 3. The summed E-state index contributed by atoms with van der Waals surface area (Å²) >= 11 is 5.05. The number of thioether (sulfide) groups is 1. The van der Waals surface area contributed by atoms with Gasteiger partial charge in [0, 0.05) is 35.5 Å². The van der Waals surface area contributed by atoms with Crippen molar-refractivity contribution in [1.29, 1.82) is 0 Å². The number of nitrogens with two attached hydrogens (primary N) is 1. The second-order valence-electron chi connectivity index (χ2n) is 8.25. The van der Waals surface area contributed by atoms with E-state index in [1.807, 2.05) is 0 Å². The Morgan fingerprint density at radius 3 is 2.59 bits per heavy atom. The highest BCUT2D eigenvalue weighted by molar-refractivity contribution is 8.09. The van der Waals surface area contributed by atoms with Crippen molar-refractivity contribution in [1.82, 2.24) is 5.32 Å². The molecule has 0 saturated heterocycles. The first kappa shape index (κ1) is 30.3. The first-order chi connectivity index (χ1) is 15.9. The molecule has 0 spiro atoms. The standard InChI is InChI=1S/C24H34F3N3O2S2/c1-15(13-19(29-4)24(2,3)32)23(28)34-18(9-7-5-6-8-12-30-14-31)16-10-11-17(33)21(25)20(16)22(26)27/h9-11,14,22-23,32-33H,1,5-8,12-13,28H2,2-4H3,(H,30,31)/b18-9+,29-19+. The van der Waals surface area contributed by atoms with Gasteiger partial charge in [0.2, 0.25) is 6.41 Å². The van der Waals surface area contributed by atoms with E-state index in [0.29, 0.717) is 35.6 Å². The highest BCUT2D eigenvalue weighted by Gasteiger charge is 2.26. The van der Waals surface area contributed by atoms with Crippen molar-refractivity contribution in [2.24, 2.45) is 10.7 Å². The largest absolute Gasteiger partial charge is 0.384 e. The van der Waals surface area contributed by atoms with Crippen LogP contribution in [-0.2, 0) is 4.79 Å². The number of carbonyl (C=O) groups is 1. The van der Waals surface area contributed by atoms with Gasteiger partial charge in [-0.3, -0.25) is 9.79 Å². The molecule has 0 heterocycles. The van der Waals surface area contributed by atoms with E-state index in [1.165, 1.54) is 12.1 Å². The van der Waals surface area contributed by atoms with E-state index in [2.05, 4.69) is 29.5 Å². The van der Waals surface area contributed by atoms with Crippen LogP contribution in [0.4, 0.5) is 13.2 Å². The lowest BCUT2D eigenvalue weighted by atomic mass is 9.96. The topological polar surface area (TPSA) is 87.7 Å². The van der Waals surface area contributed by atoms with Gasteiger partial charge in [-0.05, 0) is 50.3 Å². The molecule has 1 aromatic carbocycles.